The monoisotopic (exact) mass is 334 g/mol. The number of carbonyl (C=O) groups excluding carboxylic acids is 1. The summed E-state index contributed by atoms with van der Waals surface area (Å²) in [6, 6.07) is 9.03. The molecule has 1 heterocycles. The van der Waals surface area contributed by atoms with Crippen LogP contribution in [0.4, 0.5) is 5.82 Å². The summed E-state index contributed by atoms with van der Waals surface area (Å²) < 4.78 is 5.93. The van der Waals surface area contributed by atoms with Gasteiger partial charge >= 0.3 is 0 Å². The van der Waals surface area contributed by atoms with E-state index in [2.05, 4.69) is 15.5 Å². The lowest BCUT2D eigenvalue weighted by Crippen LogP contribution is -2.24. The van der Waals surface area contributed by atoms with Gasteiger partial charge in [-0.05, 0) is 32.9 Å². The molecule has 1 aromatic heterocycles. The van der Waals surface area contributed by atoms with E-state index in [4.69, 9.17) is 22.1 Å². The number of para-hydroxylation sites is 1. The van der Waals surface area contributed by atoms with E-state index in [-0.39, 0.29) is 22.1 Å². The van der Waals surface area contributed by atoms with Crippen molar-refractivity contribution in [2.45, 2.75) is 32.9 Å². The van der Waals surface area contributed by atoms with Crippen LogP contribution in [-0.2, 0) is 6.54 Å². The SMILES string of the molecule is CC(C)(C)Oc1ccccc1CNc1nnc(Cl)cc1C(N)=O. The van der Waals surface area contributed by atoms with Crippen LogP contribution in [0, 0.1) is 0 Å². The first-order valence-corrected chi connectivity index (χ1v) is 7.48. The van der Waals surface area contributed by atoms with E-state index in [1.165, 1.54) is 6.07 Å². The third-order valence-corrected chi connectivity index (χ3v) is 3.05. The summed E-state index contributed by atoms with van der Waals surface area (Å²) in [6.45, 7) is 6.34. The number of ether oxygens (including phenoxy) is 1. The number of nitrogens with two attached hydrogens (primary N) is 1. The molecule has 1 amide bonds. The highest BCUT2D eigenvalue weighted by atomic mass is 35.5. The molecule has 0 atom stereocenters. The van der Waals surface area contributed by atoms with Gasteiger partial charge in [0.25, 0.3) is 5.91 Å². The topological polar surface area (TPSA) is 90.1 Å². The van der Waals surface area contributed by atoms with Crippen LogP contribution in [0.15, 0.2) is 30.3 Å². The summed E-state index contributed by atoms with van der Waals surface area (Å²) in [5.41, 5.74) is 6.14. The zero-order chi connectivity index (χ0) is 17.0. The average molecular weight is 335 g/mol. The third kappa shape index (κ3) is 4.82. The number of hydrogen-bond donors (Lipinski definition) is 2. The first kappa shape index (κ1) is 17.0. The fourth-order valence-electron chi connectivity index (χ4n) is 1.94. The number of benzene rings is 1. The molecule has 0 saturated heterocycles. The van der Waals surface area contributed by atoms with Crippen molar-refractivity contribution in [2.24, 2.45) is 5.73 Å². The predicted molar refractivity (Wildman–Crippen MR) is 89.7 cm³/mol. The number of primary amides is 1. The number of nitrogens with zero attached hydrogens (tertiary/aromatic N) is 2. The van der Waals surface area contributed by atoms with Crippen molar-refractivity contribution in [1.82, 2.24) is 10.2 Å². The van der Waals surface area contributed by atoms with E-state index in [0.29, 0.717) is 6.54 Å². The minimum atomic E-state index is -0.622. The second-order valence-electron chi connectivity index (χ2n) is 5.97. The Bertz CT molecular complexity index is 713. The number of amides is 1. The highest BCUT2D eigenvalue weighted by Gasteiger charge is 2.16. The number of rotatable bonds is 5. The van der Waals surface area contributed by atoms with Gasteiger partial charge in [0.2, 0.25) is 0 Å². The smallest absolute Gasteiger partial charge is 0.252 e. The molecule has 0 saturated carbocycles. The average Bonchev–Trinajstić information content (AvgIpc) is 2.45. The van der Waals surface area contributed by atoms with Crippen LogP contribution >= 0.6 is 11.6 Å². The van der Waals surface area contributed by atoms with Gasteiger partial charge in [-0.1, -0.05) is 29.8 Å². The van der Waals surface area contributed by atoms with Gasteiger partial charge in [-0.2, -0.15) is 0 Å². The zero-order valence-corrected chi connectivity index (χ0v) is 14.0. The zero-order valence-electron chi connectivity index (χ0n) is 13.3. The Kier molecular flexibility index (Phi) is 5.05. The lowest BCUT2D eigenvalue weighted by atomic mass is 10.1. The van der Waals surface area contributed by atoms with Crippen molar-refractivity contribution in [3.63, 3.8) is 0 Å². The summed E-state index contributed by atoms with van der Waals surface area (Å²) in [5, 5.41) is 10.8. The van der Waals surface area contributed by atoms with Crippen LogP contribution in [0.3, 0.4) is 0 Å². The van der Waals surface area contributed by atoms with E-state index < -0.39 is 5.91 Å². The van der Waals surface area contributed by atoms with Crippen LogP contribution in [0.2, 0.25) is 5.15 Å². The predicted octanol–water partition coefficient (Wildman–Crippen LogP) is 3.02. The molecule has 0 aliphatic rings. The minimum absolute atomic E-state index is 0.112. The molecule has 23 heavy (non-hydrogen) atoms. The molecule has 0 bridgehead atoms. The third-order valence-electron chi connectivity index (χ3n) is 2.86. The van der Waals surface area contributed by atoms with E-state index in [0.717, 1.165) is 11.3 Å². The Labute approximate surface area is 140 Å². The lowest BCUT2D eigenvalue weighted by molar-refractivity contribution is 0.100. The van der Waals surface area contributed by atoms with Gasteiger partial charge < -0.3 is 15.8 Å². The molecule has 0 fully saturated rings. The molecule has 122 valence electrons. The second-order valence-corrected chi connectivity index (χ2v) is 6.36. The fraction of sp³-hybridized carbons (Fsp3) is 0.312. The van der Waals surface area contributed by atoms with Gasteiger partial charge in [-0.3, -0.25) is 4.79 Å². The molecule has 7 heteroatoms. The Balaban J connectivity index is 2.21. The van der Waals surface area contributed by atoms with Gasteiger partial charge in [0.1, 0.15) is 11.4 Å². The Hall–Kier alpha value is -2.34. The number of nitrogens with one attached hydrogen (secondary N) is 1. The van der Waals surface area contributed by atoms with E-state index in [1.807, 2.05) is 45.0 Å². The summed E-state index contributed by atoms with van der Waals surface area (Å²) in [5.74, 6) is 0.422. The van der Waals surface area contributed by atoms with Crippen molar-refractivity contribution < 1.29 is 9.53 Å². The Morgan fingerprint density at radius 1 is 1.30 bits per heavy atom. The largest absolute Gasteiger partial charge is 0.488 e. The molecule has 0 aliphatic carbocycles. The van der Waals surface area contributed by atoms with Crippen LogP contribution in [-0.4, -0.2) is 21.7 Å². The number of hydrogen-bond acceptors (Lipinski definition) is 5. The van der Waals surface area contributed by atoms with E-state index >= 15 is 0 Å². The summed E-state index contributed by atoms with van der Waals surface area (Å²) in [6.07, 6.45) is 0. The maximum Gasteiger partial charge on any atom is 0.252 e. The van der Waals surface area contributed by atoms with Gasteiger partial charge in [-0.15, -0.1) is 10.2 Å². The number of carbonyl (C=O) groups is 1. The molecular formula is C16H19ClN4O2. The van der Waals surface area contributed by atoms with Crippen molar-refractivity contribution in [1.29, 1.82) is 0 Å². The molecule has 0 radical (unpaired) electrons. The second kappa shape index (κ2) is 6.83. The number of halogens is 1. The quantitative estimate of drug-likeness (QED) is 0.877. The Morgan fingerprint density at radius 3 is 2.65 bits per heavy atom. The molecule has 1 aromatic carbocycles. The van der Waals surface area contributed by atoms with E-state index in [1.54, 1.807) is 0 Å². The molecule has 0 spiro atoms. The normalized spacial score (nSPS) is 11.1. The molecule has 3 N–H and O–H groups in total. The van der Waals surface area contributed by atoms with Gasteiger partial charge in [-0.25, -0.2) is 0 Å². The first-order chi connectivity index (χ1) is 10.8. The lowest BCUT2D eigenvalue weighted by Gasteiger charge is -2.23. The van der Waals surface area contributed by atoms with Gasteiger partial charge in [0, 0.05) is 12.1 Å². The van der Waals surface area contributed by atoms with Gasteiger partial charge in [0.15, 0.2) is 11.0 Å². The van der Waals surface area contributed by atoms with Crippen LogP contribution in [0.1, 0.15) is 36.7 Å². The standard InChI is InChI=1S/C16H19ClN4O2/c1-16(2,3)23-12-7-5-4-6-10(12)9-19-15-11(14(18)22)8-13(17)20-21-15/h4-8H,9H2,1-3H3,(H2,18,22)(H,19,21). The number of anilines is 1. The van der Waals surface area contributed by atoms with Crippen LogP contribution in [0.25, 0.3) is 0 Å². The minimum Gasteiger partial charge on any atom is -0.488 e. The maximum atomic E-state index is 11.5. The van der Waals surface area contributed by atoms with Crippen LogP contribution < -0.4 is 15.8 Å². The highest BCUT2D eigenvalue weighted by molar-refractivity contribution is 6.29. The van der Waals surface area contributed by atoms with Crippen molar-refractivity contribution in [3.05, 3.63) is 46.6 Å². The van der Waals surface area contributed by atoms with Crippen molar-refractivity contribution >= 4 is 23.3 Å². The molecular weight excluding hydrogens is 316 g/mol. The molecule has 2 rings (SSSR count). The van der Waals surface area contributed by atoms with Crippen molar-refractivity contribution in [2.75, 3.05) is 5.32 Å². The van der Waals surface area contributed by atoms with Crippen LogP contribution in [0.5, 0.6) is 5.75 Å². The fourth-order valence-corrected chi connectivity index (χ4v) is 2.09. The number of aromatic nitrogens is 2. The molecule has 0 aliphatic heterocycles. The molecule has 0 unspecified atom stereocenters. The maximum absolute atomic E-state index is 11.5. The Morgan fingerprint density at radius 2 is 2.00 bits per heavy atom. The van der Waals surface area contributed by atoms with E-state index in [9.17, 15) is 4.79 Å². The highest BCUT2D eigenvalue weighted by Crippen LogP contribution is 2.24. The summed E-state index contributed by atoms with van der Waals surface area (Å²) in [7, 11) is 0. The summed E-state index contributed by atoms with van der Waals surface area (Å²) >= 11 is 5.75. The van der Waals surface area contributed by atoms with Crippen molar-refractivity contribution in [3.8, 4) is 5.75 Å². The molecule has 2 aromatic rings. The molecule has 6 nitrogen and oxygen atoms in total. The first-order valence-electron chi connectivity index (χ1n) is 7.10. The van der Waals surface area contributed by atoms with Gasteiger partial charge in [0.05, 0.1) is 5.56 Å². The summed E-state index contributed by atoms with van der Waals surface area (Å²) in [4.78, 5) is 11.5.